The van der Waals surface area contributed by atoms with Crippen LogP contribution in [0.5, 0.6) is 0 Å². The zero-order chi connectivity index (χ0) is 18.5. The first-order chi connectivity index (χ1) is 12.6. The summed E-state index contributed by atoms with van der Waals surface area (Å²) in [7, 11) is 1.65. The Bertz CT molecular complexity index is 799. The average Bonchev–Trinajstić information content (AvgIpc) is 3.08. The molecule has 0 atom stereocenters. The fourth-order valence-corrected chi connectivity index (χ4v) is 3.24. The van der Waals surface area contributed by atoms with Crippen LogP contribution in [0, 0.1) is 0 Å². The number of hydrogen-bond donors (Lipinski definition) is 1. The van der Waals surface area contributed by atoms with E-state index < -0.39 is 0 Å². The van der Waals surface area contributed by atoms with Crippen molar-refractivity contribution >= 4 is 17.5 Å². The predicted molar refractivity (Wildman–Crippen MR) is 102 cm³/mol. The largest absolute Gasteiger partial charge is 0.385 e. The monoisotopic (exact) mass is 352 g/mol. The van der Waals surface area contributed by atoms with E-state index in [9.17, 15) is 9.59 Å². The van der Waals surface area contributed by atoms with Crippen LogP contribution in [-0.2, 0) is 16.0 Å². The van der Waals surface area contributed by atoms with E-state index in [1.54, 1.807) is 14.0 Å². The zero-order valence-corrected chi connectivity index (χ0v) is 15.2. The van der Waals surface area contributed by atoms with Gasteiger partial charge in [0.05, 0.1) is 0 Å². The van der Waals surface area contributed by atoms with Gasteiger partial charge in [-0.3, -0.25) is 9.59 Å². The molecule has 0 aliphatic carbocycles. The summed E-state index contributed by atoms with van der Waals surface area (Å²) in [5, 5.41) is 2.89. The summed E-state index contributed by atoms with van der Waals surface area (Å²) in [5.41, 5.74) is 5.01. The molecule has 5 heteroatoms. The van der Waals surface area contributed by atoms with Crippen LogP contribution >= 0.6 is 0 Å². The number of rotatable bonds is 6. The van der Waals surface area contributed by atoms with E-state index in [1.165, 1.54) is 5.56 Å². The van der Waals surface area contributed by atoms with Gasteiger partial charge in [-0.25, -0.2) is 0 Å². The third-order valence-electron chi connectivity index (χ3n) is 4.65. The quantitative estimate of drug-likeness (QED) is 0.813. The lowest BCUT2D eigenvalue weighted by Gasteiger charge is -2.15. The number of hydrogen-bond acceptors (Lipinski definition) is 3. The van der Waals surface area contributed by atoms with Crippen molar-refractivity contribution in [1.29, 1.82) is 0 Å². The second-order valence-corrected chi connectivity index (χ2v) is 6.44. The van der Waals surface area contributed by atoms with Crippen molar-refractivity contribution in [3.05, 3.63) is 53.6 Å². The lowest BCUT2D eigenvalue weighted by molar-refractivity contribution is -0.116. The maximum Gasteiger partial charge on any atom is 0.251 e. The topological polar surface area (TPSA) is 58.6 Å². The molecule has 1 heterocycles. The second kappa shape index (κ2) is 8.15. The molecular weight excluding hydrogens is 328 g/mol. The van der Waals surface area contributed by atoms with E-state index in [-0.39, 0.29) is 11.8 Å². The Hall–Kier alpha value is -2.66. The van der Waals surface area contributed by atoms with E-state index in [0.29, 0.717) is 18.7 Å². The number of benzene rings is 2. The number of carbonyl (C=O) groups excluding carboxylic acids is 2. The molecule has 3 rings (SSSR count). The van der Waals surface area contributed by atoms with Gasteiger partial charge in [-0.05, 0) is 53.8 Å². The third kappa shape index (κ3) is 3.94. The molecule has 0 aromatic heterocycles. The summed E-state index contributed by atoms with van der Waals surface area (Å²) < 4.78 is 4.97. The summed E-state index contributed by atoms with van der Waals surface area (Å²) in [6.07, 6.45) is 1.68. The lowest BCUT2D eigenvalue weighted by atomic mass is 10.0. The highest BCUT2D eigenvalue weighted by molar-refractivity contribution is 5.95. The van der Waals surface area contributed by atoms with Gasteiger partial charge >= 0.3 is 0 Å². The maximum atomic E-state index is 12.1. The van der Waals surface area contributed by atoms with E-state index in [0.717, 1.165) is 36.2 Å². The fraction of sp³-hybridized carbons (Fsp3) is 0.333. The van der Waals surface area contributed by atoms with Crippen molar-refractivity contribution in [3.8, 4) is 11.1 Å². The molecule has 0 saturated carbocycles. The molecule has 0 spiro atoms. The first-order valence-electron chi connectivity index (χ1n) is 8.89. The number of nitrogens with zero attached hydrogens (tertiary/aromatic N) is 1. The molecule has 0 unspecified atom stereocenters. The van der Waals surface area contributed by atoms with Gasteiger partial charge in [-0.2, -0.15) is 0 Å². The Morgan fingerprint density at radius 2 is 1.85 bits per heavy atom. The van der Waals surface area contributed by atoms with Gasteiger partial charge in [0, 0.05) is 45.0 Å². The average molecular weight is 352 g/mol. The minimum Gasteiger partial charge on any atom is -0.385 e. The first-order valence-corrected chi connectivity index (χ1v) is 8.89. The van der Waals surface area contributed by atoms with Crippen LogP contribution in [-0.4, -0.2) is 38.6 Å². The minimum atomic E-state index is -0.0706. The highest BCUT2D eigenvalue weighted by Crippen LogP contribution is 2.32. The third-order valence-corrected chi connectivity index (χ3v) is 4.65. The molecule has 1 aliphatic rings. The van der Waals surface area contributed by atoms with Gasteiger partial charge in [0.2, 0.25) is 5.91 Å². The zero-order valence-electron chi connectivity index (χ0n) is 15.2. The van der Waals surface area contributed by atoms with Crippen LogP contribution in [0.2, 0.25) is 0 Å². The standard InChI is InChI=1S/C21H24N2O3/c1-15(24)23-12-10-19-14-18(8-9-20(19)23)16-4-6-17(7-5-16)21(25)22-11-3-13-26-2/h4-9,14H,3,10-13H2,1-2H3,(H,22,25). The number of ether oxygens (including phenoxy) is 1. The smallest absolute Gasteiger partial charge is 0.251 e. The van der Waals surface area contributed by atoms with E-state index in [4.69, 9.17) is 4.74 Å². The molecule has 2 amide bonds. The molecule has 0 radical (unpaired) electrons. The number of anilines is 1. The van der Waals surface area contributed by atoms with Gasteiger partial charge < -0.3 is 15.0 Å². The van der Waals surface area contributed by atoms with Crippen molar-refractivity contribution in [2.45, 2.75) is 19.8 Å². The lowest BCUT2D eigenvalue weighted by Crippen LogP contribution is -2.25. The summed E-state index contributed by atoms with van der Waals surface area (Å²) in [6, 6.07) is 13.8. The summed E-state index contributed by atoms with van der Waals surface area (Å²) in [6.45, 7) is 3.59. The van der Waals surface area contributed by atoms with E-state index in [2.05, 4.69) is 11.4 Å². The van der Waals surface area contributed by atoms with Crippen molar-refractivity contribution in [3.63, 3.8) is 0 Å². The Morgan fingerprint density at radius 3 is 2.54 bits per heavy atom. The van der Waals surface area contributed by atoms with Crippen molar-refractivity contribution < 1.29 is 14.3 Å². The molecular formula is C21H24N2O3. The molecule has 2 aromatic rings. The van der Waals surface area contributed by atoms with Crippen LogP contribution in [0.1, 0.15) is 29.3 Å². The number of amides is 2. The Labute approximate surface area is 154 Å². The second-order valence-electron chi connectivity index (χ2n) is 6.44. The first kappa shape index (κ1) is 18.1. The molecule has 1 aliphatic heterocycles. The number of methoxy groups -OCH3 is 1. The number of carbonyl (C=O) groups is 2. The SMILES string of the molecule is COCCCNC(=O)c1ccc(-c2ccc3c(c2)CCN3C(C)=O)cc1. The summed E-state index contributed by atoms with van der Waals surface area (Å²) in [5.74, 6) is 0.0103. The Kier molecular flexibility index (Phi) is 5.68. The van der Waals surface area contributed by atoms with Gasteiger partial charge in [0.25, 0.3) is 5.91 Å². The molecule has 0 bridgehead atoms. The molecule has 136 valence electrons. The van der Waals surface area contributed by atoms with Crippen LogP contribution in [0.3, 0.4) is 0 Å². The number of fused-ring (bicyclic) bond motifs is 1. The maximum absolute atomic E-state index is 12.1. The highest BCUT2D eigenvalue weighted by atomic mass is 16.5. The van der Waals surface area contributed by atoms with Crippen LogP contribution < -0.4 is 10.2 Å². The van der Waals surface area contributed by atoms with Gasteiger partial charge in [0.15, 0.2) is 0 Å². The molecule has 2 aromatic carbocycles. The summed E-state index contributed by atoms with van der Waals surface area (Å²) >= 11 is 0. The van der Waals surface area contributed by atoms with Crippen LogP contribution in [0.15, 0.2) is 42.5 Å². The molecule has 5 nitrogen and oxygen atoms in total. The van der Waals surface area contributed by atoms with Crippen molar-refractivity contribution in [1.82, 2.24) is 5.32 Å². The van der Waals surface area contributed by atoms with Gasteiger partial charge in [0.1, 0.15) is 0 Å². The van der Waals surface area contributed by atoms with Crippen LogP contribution in [0.4, 0.5) is 5.69 Å². The summed E-state index contributed by atoms with van der Waals surface area (Å²) in [4.78, 5) is 25.6. The normalized spacial score (nSPS) is 12.8. The number of nitrogens with one attached hydrogen (secondary N) is 1. The fourth-order valence-electron chi connectivity index (χ4n) is 3.24. The van der Waals surface area contributed by atoms with Crippen molar-refractivity contribution in [2.75, 3.05) is 31.7 Å². The Balaban J connectivity index is 1.69. The van der Waals surface area contributed by atoms with E-state index in [1.807, 2.05) is 41.3 Å². The van der Waals surface area contributed by atoms with Crippen LogP contribution in [0.25, 0.3) is 11.1 Å². The molecule has 0 saturated heterocycles. The molecule has 0 fully saturated rings. The molecule has 1 N–H and O–H groups in total. The minimum absolute atomic E-state index is 0.0706. The molecule has 26 heavy (non-hydrogen) atoms. The van der Waals surface area contributed by atoms with Crippen molar-refractivity contribution in [2.24, 2.45) is 0 Å². The van der Waals surface area contributed by atoms with Gasteiger partial charge in [-0.15, -0.1) is 0 Å². The highest BCUT2D eigenvalue weighted by Gasteiger charge is 2.22. The Morgan fingerprint density at radius 1 is 1.12 bits per heavy atom. The predicted octanol–water partition coefficient (Wildman–Crippen LogP) is 3.03. The van der Waals surface area contributed by atoms with E-state index >= 15 is 0 Å². The van der Waals surface area contributed by atoms with Gasteiger partial charge in [-0.1, -0.05) is 18.2 Å².